The fraction of sp³-hybridized carbons (Fsp3) is 0.600. The molecule has 0 aromatic heterocycles. The lowest BCUT2D eigenvalue weighted by atomic mass is 10.0. The highest BCUT2D eigenvalue weighted by atomic mass is 19.4. The summed E-state index contributed by atoms with van der Waals surface area (Å²) in [4.78, 5) is 2.15. The Morgan fingerprint density at radius 2 is 2.19 bits per heavy atom. The van der Waals surface area contributed by atoms with E-state index in [9.17, 15) is 13.2 Å². The minimum absolute atomic E-state index is 0.141. The largest absolute Gasteiger partial charge is 0.416 e. The summed E-state index contributed by atoms with van der Waals surface area (Å²) in [7, 11) is 3.75. The van der Waals surface area contributed by atoms with Gasteiger partial charge in [0.25, 0.3) is 0 Å². The molecule has 0 saturated carbocycles. The Bertz CT molecular complexity index is 458. The molecule has 1 fully saturated rings. The fourth-order valence-electron chi connectivity index (χ4n) is 2.60. The second-order valence-corrected chi connectivity index (χ2v) is 5.42. The van der Waals surface area contributed by atoms with Gasteiger partial charge >= 0.3 is 6.18 Å². The van der Waals surface area contributed by atoms with Crippen molar-refractivity contribution in [2.24, 2.45) is 0 Å². The lowest BCUT2D eigenvalue weighted by molar-refractivity contribution is -0.137. The van der Waals surface area contributed by atoms with E-state index in [-0.39, 0.29) is 6.04 Å². The maximum Gasteiger partial charge on any atom is 0.416 e. The predicted molar refractivity (Wildman–Crippen MR) is 75.1 cm³/mol. The zero-order chi connectivity index (χ0) is 15.5. The first kappa shape index (κ1) is 16.3. The Labute approximate surface area is 123 Å². The lowest BCUT2D eigenvalue weighted by Gasteiger charge is -2.28. The van der Waals surface area contributed by atoms with Crippen LogP contribution in [0.15, 0.2) is 24.3 Å². The third kappa shape index (κ3) is 4.18. The van der Waals surface area contributed by atoms with Crippen molar-refractivity contribution in [3.8, 4) is 0 Å². The number of nitrogens with zero attached hydrogens (tertiary/aromatic N) is 1. The summed E-state index contributed by atoms with van der Waals surface area (Å²) in [5.41, 5.74) is 0.0465. The van der Waals surface area contributed by atoms with Crippen molar-refractivity contribution in [3.63, 3.8) is 0 Å². The lowest BCUT2D eigenvalue weighted by Crippen LogP contribution is -2.38. The van der Waals surface area contributed by atoms with E-state index in [0.29, 0.717) is 24.8 Å². The van der Waals surface area contributed by atoms with E-state index in [0.717, 1.165) is 19.1 Å². The van der Waals surface area contributed by atoms with Crippen LogP contribution in [-0.2, 0) is 10.9 Å². The molecule has 1 saturated heterocycles. The minimum atomic E-state index is -4.31. The van der Waals surface area contributed by atoms with Crippen molar-refractivity contribution in [2.75, 3.05) is 33.9 Å². The first-order valence-electron chi connectivity index (χ1n) is 7.04. The van der Waals surface area contributed by atoms with Crippen molar-refractivity contribution in [1.82, 2.24) is 10.2 Å². The van der Waals surface area contributed by atoms with Crippen molar-refractivity contribution in [3.05, 3.63) is 35.4 Å². The first-order chi connectivity index (χ1) is 9.91. The van der Waals surface area contributed by atoms with Crippen LogP contribution in [-0.4, -0.2) is 44.8 Å². The van der Waals surface area contributed by atoms with Gasteiger partial charge < -0.3 is 10.1 Å². The number of hydrogen-bond donors (Lipinski definition) is 1. The molecule has 0 radical (unpaired) electrons. The molecule has 1 heterocycles. The molecular weight excluding hydrogens is 281 g/mol. The van der Waals surface area contributed by atoms with Gasteiger partial charge in [0.15, 0.2) is 0 Å². The average Bonchev–Trinajstić information content (AvgIpc) is 2.98. The molecule has 1 aliphatic heterocycles. The summed E-state index contributed by atoms with van der Waals surface area (Å²) in [6, 6.07) is 5.71. The van der Waals surface area contributed by atoms with Gasteiger partial charge in [0, 0.05) is 25.2 Å². The van der Waals surface area contributed by atoms with Crippen LogP contribution < -0.4 is 5.32 Å². The summed E-state index contributed by atoms with van der Waals surface area (Å²) in [5.74, 6) is 0. The Hall–Kier alpha value is -1.11. The van der Waals surface area contributed by atoms with Gasteiger partial charge in [-0.3, -0.25) is 4.90 Å². The zero-order valence-electron chi connectivity index (χ0n) is 12.3. The summed E-state index contributed by atoms with van der Waals surface area (Å²) in [6.45, 7) is 2.09. The average molecular weight is 302 g/mol. The summed E-state index contributed by atoms with van der Waals surface area (Å²) in [6.07, 6.45) is -3.34. The van der Waals surface area contributed by atoms with E-state index in [4.69, 9.17) is 4.74 Å². The van der Waals surface area contributed by atoms with Gasteiger partial charge in [-0.05, 0) is 38.2 Å². The molecule has 0 bridgehead atoms. The number of alkyl halides is 3. The van der Waals surface area contributed by atoms with E-state index in [1.165, 1.54) is 12.1 Å². The van der Waals surface area contributed by atoms with Gasteiger partial charge in [-0.1, -0.05) is 12.1 Å². The molecular formula is C15H21F3N2O. The van der Waals surface area contributed by atoms with Crippen molar-refractivity contribution in [2.45, 2.75) is 24.7 Å². The van der Waals surface area contributed by atoms with Crippen LogP contribution in [0.1, 0.15) is 23.6 Å². The number of likely N-dealkylation sites (N-methyl/N-ethyl adjacent to an activating group) is 2. The molecule has 2 atom stereocenters. The van der Waals surface area contributed by atoms with Crippen LogP contribution in [0, 0.1) is 0 Å². The highest BCUT2D eigenvalue weighted by Gasteiger charge is 2.31. The predicted octanol–water partition coefficient (Wildman–Crippen LogP) is 2.69. The van der Waals surface area contributed by atoms with E-state index in [1.54, 1.807) is 13.1 Å². The third-order valence-electron chi connectivity index (χ3n) is 3.96. The molecule has 0 aliphatic carbocycles. The SMILES string of the molecule is CNC(CN(C)C1CCOC1)c1cccc(C(F)(F)F)c1. The molecule has 2 unspecified atom stereocenters. The van der Waals surface area contributed by atoms with Gasteiger partial charge in [-0.25, -0.2) is 0 Å². The molecule has 118 valence electrons. The van der Waals surface area contributed by atoms with Gasteiger partial charge in [-0.2, -0.15) is 13.2 Å². The fourth-order valence-corrected chi connectivity index (χ4v) is 2.60. The molecule has 1 aromatic carbocycles. The molecule has 21 heavy (non-hydrogen) atoms. The minimum Gasteiger partial charge on any atom is -0.380 e. The molecule has 0 spiro atoms. The maximum atomic E-state index is 12.8. The summed E-state index contributed by atoms with van der Waals surface area (Å²) in [5, 5.41) is 3.10. The molecule has 6 heteroatoms. The highest BCUT2D eigenvalue weighted by Crippen LogP contribution is 2.31. The number of rotatable bonds is 5. The smallest absolute Gasteiger partial charge is 0.380 e. The van der Waals surface area contributed by atoms with E-state index < -0.39 is 11.7 Å². The zero-order valence-corrected chi connectivity index (χ0v) is 12.3. The number of hydrogen-bond acceptors (Lipinski definition) is 3. The Morgan fingerprint density at radius 1 is 1.43 bits per heavy atom. The Kier molecular flexibility index (Phi) is 5.24. The van der Waals surface area contributed by atoms with Crippen molar-refractivity contribution < 1.29 is 17.9 Å². The van der Waals surface area contributed by atoms with Crippen LogP contribution >= 0.6 is 0 Å². The summed E-state index contributed by atoms with van der Waals surface area (Å²) < 4.78 is 43.7. The Morgan fingerprint density at radius 3 is 2.76 bits per heavy atom. The quantitative estimate of drug-likeness (QED) is 0.905. The van der Waals surface area contributed by atoms with Crippen LogP contribution in [0.4, 0.5) is 13.2 Å². The second-order valence-electron chi connectivity index (χ2n) is 5.42. The van der Waals surface area contributed by atoms with Gasteiger partial charge in [0.05, 0.1) is 12.2 Å². The van der Waals surface area contributed by atoms with Crippen LogP contribution in [0.5, 0.6) is 0 Å². The van der Waals surface area contributed by atoms with Crippen molar-refractivity contribution >= 4 is 0 Å². The van der Waals surface area contributed by atoms with Gasteiger partial charge in [0.1, 0.15) is 0 Å². The first-order valence-corrected chi connectivity index (χ1v) is 7.04. The van der Waals surface area contributed by atoms with E-state index in [2.05, 4.69) is 10.2 Å². The maximum absolute atomic E-state index is 12.8. The van der Waals surface area contributed by atoms with Crippen LogP contribution in [0.2, 0.25) is 0 Å². The second kappa shape index (κ2) is 6.77. The molecule has 1 N–H and O–H groups in total. The molecule has 1 aliphatic rings. The topological polar surface area (TPSA) is 24.5 Å². The van der Waals surface area contributed by atoms with E-state index >= 15 is 0 Å². The summed E-state index contributed by atoms with van der Waals surface area (Å²) >= 11 is 0. The monoisotopic (exact) mass is 302 g/mol. The van der Waals surface area contributed by atoms with Gasteiger partial charge in [-0.15, -0.1) is 0 Å². The molecule has 2 rings (SSSR count). The number of ether oxygens (including phenoxy) is 1. The normalized spacial score (nSPS) is 21.0. The standard InChI is InChI=1S/C15H21F3N2O/c1-19-14(9-20(2)13-6-7-21-10-13)11-4-3-5-12(8-11)15(16,17)18/h3-5,8,13-14,19H,6-7,9-10H2,1-2H3. The number of nitrogens with one attached hydrogen (secondary N) is 1. The van der Waals surface area contributed by atoms with Gasteiger partial charge in [0.2, 0.25) is 0 Å². The van der Waals surface area contributed by atoms with E-state index in [1.807, 2.05) is 7.05 Å². The molecule has 0 amide bonds. The third-order valence-corrected chi connectivity index (χ3v) is 3.96. The molecule has 3 nitrogen and oxygen atoms in total. The highest BCUT2D eigenvalue weighted by molar-refractivity contribution is 5.28. The Balaban J connectivity index is 2.09. The van der Waals surface area contributed by atoms with Crippen molar-refractivity contribution in [1.29, 1.82) is 0 Å². The molecule has 1 aromatic rings. The number of benzene rings is 1. The van der Waals surface area contributed by atoms with Crippen LogP contribution in [0.3, 0.4) is 0 Å². The number of halogens is 3. The van der Waals surface area contributed by atoms with Crippen LogP contribution in [0.25, 0.3) is 0 Å².